The van der Waals surface area contributed by atoms with Crippen LogP contribution >= 0.6 is 11.3 Å². The summed E-state index contributed by atoms with van der Waals surface area (Å²) in [5.74, 6) is -0.591. The number of Topliss-reactive ketones (excluding diaryl/α,β-unsaturated/α-hetero) is 1. The van der Waals surface area contributed by atoms with E-state index in [4.69, 9.17) is 4.74 Å². The molecule has 2 aromatic carbocycles. The van der Waals surface area contributed by atoms with Crippen molar-refractivity contribution < 1.29 is 19.4 Å². The standard InChI is InChI=1S/C27H28N2O4S/c1-28(2)15-7-16-29-24(23(26(31)27(29)32)25(30)22-10-6-17-34-22)20-11-13-21(14-12-20)33-18-19-8-4-3-5-9-19/h3-6,8-14,17,24,31H,7,15-16,18H2,1-2H3/t24-/m1/s1. The Morgan fingerprint density at radius 3 is 2.44 bits per heavy atom. The average molecular weight is 477 g/mol. The Hall–Kier alpha value is -3.42. The fourth-order valence-corrected chi connectivity index (χ4v) is 4.73. The van der Waals surface area contributed by atoms with Gasteiger partial charge in [0, 0.05) is 6.54 Å². The normalized spacial score (nSPS) is 15.9. The van der Waals surface area contributed by atoms with Crippen LogP contribution in [0.1, 0.15) is 33.3 Å². The fourth-order valence-electron chi connectivity index (χ4n) is 4.05. The third kappa shape index (κ3) is 5.21. The molecule has 1 aliphatic rings. The molecule has 34 heavy (non-hydrogen) atoms. The van der Waals surface area contributed by atoms with Crippen molar-refractivity contribution in [1.82, 2.24) is 9.80 Å². The minimum absolute atomic E-state index is 0.134. The highest BCUT2D eigenvalue weighted by atomic mass is 32.1. The van der Waals surface area contributed by atoms with E-state index in [2.05, 4.69) is 0 Å². The van der Waals surface area contributed by atoms with Crippen molar-refractivity contribution in [1.29, 1.82) is 0 Å². The predicted octanol–water partition coefficient (Wildman–Crippen LogP) is 4.86. The Morgan fingerprint density at radius 2 is 1.79 bits per heavy atom. The molecule has 0 spiro atoms. The van der Waals surface area contributed by atoms with Crippen LogP contribution < -0.4 is 4.74 Å². The largest absolute Gasteiger partial charge is 0.503 e. The van der Waals surface area contributed by atoms with Crippen LogP contribution in [0, 0.1) is 0 Å². The van der Waals surface area contributed by atoms with Crippen molar-refractivity contribution in [3.05, 3.63) is 99.4 Å². The lowest BCUT2D eigenvalue weighted by molar-refractivity contribution is -0.129. The van der Waals surface area contributed by atoms with Gasteiger partial charge in [-0.2, -0.15) is 0 Å². The van der Waals surface area contributed by atoms with Crippen molar-refractivity contribution in [3.8, 4) is 5.75 Å². The van der Waals surface area contributed by atoms with Gasteiger partial charge in [-0.15, -0.1) is 11.3 Å². The molecule has 1 aromatic heterocycles. The number of ketones is 1. The van der Waals surface area contributed by atoms with E-state index < -0.39 is 17.7 Å². The number of carbonyl (C=O) groups excluding carboxylic acids is 2. The first-order valence-electron chi connectivity index (χ1n) is 11.2. The lowest BCUT2D eigenvalue weighted by atomic mass is 9.95. The van der Waals surface area contributed by atoms with E-state index in [1.807, 2.05) is 79.0 Å². The summed E-state index contributed by atoms with van der Waals surface area (Å²) in [5.41, 5.74) is 1.96. The molecular weight excluding hydrogens is 448 g/mol. The monoisotopic (exact) mass is 476 g/mol. The first-order valence-corrected chi connectivity index (χ1v) is 12.1. The maximum Gasteiger partial charge on any atom is 0.290 e. The maximum atomic E-state index is 13.3. The first-order chi connectivity index (χ1) is 16.5. The Labute approximate surface area is 203 Å². The topological polar surface area (TPSA) is 70.1 Å². The maximum absolute atomic E-state index is 13.3. The Morgan fingerprint density at radius 1 is 1.06 bits per heavy atom. The van der Waals surface area contributed by atoms with E-state index in [0.29, 0.717) is 23.8 Å². The average Bonchev–Trinajstić information content (AvgIpc) is 3.46. The van der Waals surface area contributed by atoms with Crippen LogP contribution in [0.5, 0.6) is 5.75 Å². The number of hydrogen-bond acceptors (Lipinski definition) is 6. The molecule has 1 aliphatic heterocycles. The highest BCUT2D eigenvalue weighted by molar-refractivity contribution is 7.12. The van der Waals surface area contributed by atoms with Gasteiger partial charge in [-0.05, 0) is 61.8 Å². The van der Waals surface area contributed by atoms with E-state index in [-0.39, 0.29) is 11.4 Å². The summed E-state index contributed by atoms with van der Waals surface area (Å²) in [5, 5.41) is 12.5. The number of aliphatic hydroxyl groups excluding tert-OH is 1. The van der Waals surface area contributed by atoms with Gasteiger partial charge in [0.15, 0.2) is 5.76 Å². The summed E-state index contributed by atoms with van der Waals surface area (Å²) in [7, 11) is 3.94. The molecule has 4 rings (SSSR count). The SMILES string of the molecule is CN(C)CCCN1C(=O)C(O)=C(C(=O)c2cccs2)[C@H]1c1ccc(OCc2ccccc2)cc1. The Balaban J connectivity index is 1.59. The zero-order valence-corrected chi connectivity index (χ0v) is 20.1. The number of thiophene rings is 1. The molecule has 176 valence electrons. The molecule has 0 saturated heterocycles. The van der Waals surface area contributed by atoms with Gasteiger partial charge in [0.25, 0.3) is 5.91 Å². The number of carbonyl (C=O) groups is 2. The van der Waals surface area contributed by atoms with Gasteiger partial charge in [0.2, 0.25) is 5.78 Å². The number of rotatable bonds is 10. The molecule has 6 nitrogen and oxygen atoms in total. The van der Waals surface area contributed by atoms with Crippen molar-refractivity contribution in [2.75, 3.05) is 27.2 Å². The molecular formula is C27H28N2O4S. The minimum atomic E-state index is -0.646. The molecule has 7 heteroatoms. The van der Waals surface area contributed by atoms with Crippen molar-refractivity contribution in [2.24, 2.45) is 0 Å². The van der Waals surface area contributed by atoms with Gasteiger partial charge in [0.05, 0.1) is 16.5 Å². The molecule has 0 unspecified atom stereocenters. The van der Waals surface area contributed by atoms with Gasteiger partial charge >= 0.3 is 0 Å². The molecule has 1 N–H and O–H groups in total. The number of nitrogens with zero attached hydrogens (tertiary/aromatic N) is 2. The van der Waals surface area contributed by atoms with E-state index in [1.54, 1.807) is 17.0 Å². The molecule has 0 bridgehead atoms. The molecule has 1 amide bonds. The Bertz CT molecular complexity index is 1160. The van der Waals surface area contributed by atoms with Gasteiger partial charge in [0.1, 0.15) is 12.4 Å². The number of benzene rings is 2. The molecule has 3 aromatic rings. The lowest BCUT2D eigenvalue weighted by Gasteiger charge is -2.27. The van der Waals surface area contributed by atoms with E-state index in [0.717, 1.165) is 24.1 Å². The number of hydrogen-bond donors (Lipinski definition) is 1. The highest BCUT2D eigenvalue weighted by Crippen LogP contribution is 2.40. The summed E-state index contributed by atoms with van der Waals surface area (Å²) in [4.78, 5) is 30.4. The van der Waals surface area contributed by atoms with Crippen LogP contribution in [0.25, 0.3) is 0 Å². The third-order valence-corrected chi connectivity index (χ3v) is 6.61. The van der Waals surface area contributed by atoms with Crippen LogP contribution in [-0.2, 0) is 11.4 Å². The summed E-state index contributed by atoms with van der Waals surface area (Å²) < 4.78 is 5.89. The molecule has 0 saturated carbocycles. The predicted molar refractivity (Wildman–Crippen MR) is 133 cm³/mol. The smallest absolute Gasteiger partial charge is 0.290 e. The molecule has 0 fully saturated rings. The first kappa shape index (κ1) is 23.7. The number of aliphatic hydroxyl groups is 1. The second kappa shape index (κ2) is 10.7. The van der Waals surface area contributed by atoms with E-state index in [1.165, 1.54) is 11.3 Å². The molecule has 0 radical (unpaired) electrons. The van der Waals surface area contributed by atoms with Crippen LogP contribution in [0.3, 0.4) is 0 Å². The van der Waals surface area contributed by atoms with Crippen LogP contribution in [-0.4, -0.2) is 53.8 Å². The zero-order valence-electron chi connectivity index (χ0n) is 19.3. The number of amides is 1. The van der Waals surface area contributed by atoms with Gasteiger partial charge in [-0.3, -0.25) is 9.59 Å². The van der Waals surface area contributed by atoms with Crippen LogP contribution in [0.4, 0.5) is 0 Å². The lowest BCUT2D eigenvalue weighted by Crippen LogP contribution is -2.33. The Kier molecular flexibility index (Phi) is 7.45. The van der Waals surface area contributed by atoms with Gasteiger partial charge < -0.3 is 19.6 Å². The quantitative estimate of drug-likeness (QED) is 0.423. The van der Waals surface area contributed by atoms with Gasteiger partial charge in [-0.1, -0.05) is 48.5 Å². The second-order valence-corrected chi connectivity index (χ2v) is 9.42. The molecule has 0 aliphatic carbocycles. The van der Waals surface area contributed by atoms with Crippen molar-refractivity contribution in [3.63, 3.8) is 0 Å². The summed E-state index contributed by atoms with van der Waals surface area (Å²) in [6, 6.07) is 20.1. The summed E-state index contributed by atoms with van der Waals surface area (Å²) in [6.45, 7) is 1.67. The van der Waals surface area contributed by atoms with Crippen molar-refractivity contribution >= 4 is 23.0 Å². The summed E-state index contributed by atoms with van der Waals surface area (Å²) >= 11 is 1.30. The minimum Gasteiger partial charge on any atom is -0.503 e. The molecule has 2 heterocycles. The van der Waals surface area contributed by atoms with Gasteiger partial charge in [-0.25, -0.2) is 0 Å². The van der Waals surface area contributed by atoms with Crippen molar-refractivity contribution in [2.45, 2.75) is 19.1 Å². The van der Waals surface area contributed by atoms with Crippen LogP contribution in [0.2, 0.25) is 0 Å². The highest BCUT2D eigenvalue weighted by Gasteiger charge is 2.43. The number of ether oxygens (including phenoxy) is 1. The summed E-state index contributed by atoms with van der Waals surface area (Å²) in [6.07, 6.45) is 0.723. The van der Waals surface area contributed by atoms with E-state index >= 15 is 0 Å². The second-order valence-electron chi connectivity index (χ2n) is 8.47. The zero-order chi connectivity index (χ0) is 24.1. The van der Waals surface area contributed by atoms with E-state index in [9.17, 15) is 14.7 Å². The van der Waals surface area contributed by atoms with Crippen LogP contribution in [0.15, 0.2) is 83.4 Å². The fraction of sp³-hybridized carbons (Fsp3) is 0.259. The third-order valence-electron chi connectivity index (χ3n) is 5.74. The molecule has 1 atom stereocenters.